The molecule has 0 radical (unpaired) electrons. The summed E-state index contributed by atoms with van der Waals surface area (Å²) in [6.45, 7) is 0.896. The maximum absolute atomic E-state index is 5.88. The number of aromatic nitrogens is 2. The van der Waals surface area contributed by atoms with Crippen molar-refractivity contribution in [3.8, 4) is 0 Å². The lowest BCUT2D eigenvalue weighted by Crippen LogP contribution is -2.01. The van der Waals surface area contributed by atoms with Crippen molar-refractivity contribution >= 4 is 11.6 Å². The fourth-order valence-electron chi connectivity index (χ4n) is 1.37. The van der Waals surface area contributed by atoms with E-state index >= 15 is 0 Å². The molecule has 1 aromatic carbocycles. The van der Waals surface area contributed by atoms with Crippen LogP contribution in [0.15, 0.2) is 42.7 Å². The predicted molar refractivity (Wildman–Crippen MR) is 57.4 cm³/mol. The van der Waals surface area contributed by atoms with E-state index in [0.717, 1.165) is 18.0 Å². The molecule has 0 atom stereocenters. The summed E-state index contributed by atoms with van der Waals surface area (Å²) in [5, 5.41) is 4.93. The summed E-state index contributed by atoms with van der Waals surface area (Å²) in [4.78, 5) is 0. The van der Waals surface area contributed by atoms with Crippen LogP contribution in [0.2, 0.25) is 5.02 Å². The largest absolute Gasteiger partial charge is 0.272 e. The zero-order chi connectivity index (χ0) is 9.80. The quantitative estimate of drug-likeness (QED) is 0.755. The average Bonchev–Trinajstić information content (AvgIpc) is 2.67. The Hall–Kier alpha value is -1.28. The Kier molecular flexibility index (Phi) is 2.84. The Morgan fingerprint density at radius 1 is 1.29 bits per heavy atom. The smallest absolute Gasteiger partial charge is 0.0489 e. The second-order valence-corrected chi connectivity index (χ2v) is 3.59. The molecule has 1 heterocycles. The molecule has 0 aliphatic heterocycles. The minimum atomic E-state index is 0.794. The summed E-state index contributed by atoms with van der Waals surface area (Å²) in [7, 11) is 0. The van der Waals surface area contributed by atoms with E-state index in [9.17, 15) is 0 Å². The minimum absolute atomic E-state index is 0.794. The summed E-state index contributed by atoms with van der Waals surface area (Å²) >= 11 is 5.88. The first-order valence-electron chi connectivity index (χ1n) is 4.56. The van der Waals surface area contributed by atoms with Gasteiger partial charge in [-0.15, -0.1) is 0 Å². The highest BCUT2D eigenvalue weighted by Gasteiger charge is 1.95. The standard InChI is InChI=1S/C11H11ClN2/c12-11-4-1-3-10(9-11)5-8-14-7-2-6-13-14/h1-4,6-7,9H,5,8H2. The van der Waals surface area contributed by atoms with Gasteiger partial charge in [0.05, 0.1) is 0 Å². The van der Waals surface area contributed by atoms with Crippen LogP contribution in [-0.2, 0) is 13.0 Å². The van der Waals surface area contributed by atoms with Crippen molar-refractivity contribution in [2.75, 3.05) is 0 Å². The SMILES string of the molecule is Clc1cccc(CCn2cccn2)c1. The first kappa shape index (κ1) is 9.28. The number of hydrogen-bond acceptors (Lipinski definition) is 1. The molecule has 72 valence electrons. The number of benzene rings is 1. The molecule has 0 N–H and O–H groups in total. The first-order valence-corrected chi connectivity index (χ1v) is 4.94. The predicted octanol–water partition coefficient (Wildman–Crippen LogP) is 2.78. The summed E-state index contributed by atoms with van der Waals surface area (Å²) in [5.41, 5.74) is 1.24. The van der Waals surface area contributed by atoms with Gasteiger partial charge >= 0.3 is 0 Å². The topological polar surface area (TPSA) is 17.8 Å². The van der Waals surface area contributed by atoms with Gasteiger partial charge in [0, 0.05) is 24.0 Å². The fraction of sp³-hybridized carbons (Fsp3) is 0.182. The van der Waals surface area contributed by atoms with E-state index in [1.807, 2.05) is 35.1 Å². The van der Waals surface area contributed by atoms with Gasteiger partial charge in [0.2, 0.25) is 0 Å². The van der Waals surface area contributed by atoms with E-state index in [-0.39, 0.29) is 0 Å². The number of hydrogen-bond donors (Lipinski definition) is 0. The molecule has 0 unspecified atom stereocenters. The maximum atomic E-state index is 5.88. The van der Waals surface area contributed by atoms with Crippen LogP contribution < -0.4 is 0 Å². The minimum Gasteiger partial charge on any atom is -0.272 e. The van der Waals surface area contributed by atoms with E-state index in [0.29, 0.717) is 0 Å². The molecular formula is C11H11ClN2. The van der Waals surface area contributed by atoms with Gasteiger partial charge in [-0.05, 0) is 30.2 Å². The Balaban J connectivity index is 1.98. The maximum Gasteiger partial charge on any atom is 0.0489 e. The monoisotopic (exact) mass is 206 g/mol. The molecule has 2 nitrogen and oxygen atoms in total. The van der Waals surface area contributed by atoms with E-state index in [2.05, 4.69) is 11.2 Å². The van der Waals surface area contributed by atoms with Crippen molar-refractivity contribution in [1.82, 2.24) is 9.78 Å². The molecule has 0 amide bonds. The van der Waals surface area contributed by atoms with E-state index in [4.69, 9.17) is 11.6 Å². The molecule has 2 rings (SSSR count). The van der Waals surface area contributed by atoms with Crippen molar-refractivity contribution < 1.29 is 0 Å². The molecule has 0 aliphatic carbocycles. The van der Waals surface area contributed by atoms with Gasteiger partial charge in [-0.3, -0.25) is 4.68 Å². The number of halogens is 1. The van der Waals surface area contributed by atoms with E-state index in [1.165, 1.54) is 5.56 Å². The molecule has 3 heteroatoms. The molecule has 2 aromatic rings. The van der Waals surface area contributed by atoms with Crippen molar-refractivity contribution in [3.05, 3.63) is 53.3 Å². The lowest BCUT2D eigenvalue weighted by molar-refractivity contribution is 0.615. The van der Waals surface area contributed by atoms with Gasteiger partial charge in [-0.25, -0.2) is 0 Å². The highest BCUT2D eigenvalue weighted by Crippen LogP contribution is 2.11. The normalized spacial score (nSPS) is 10.4. The van der Waals surface area contributed by atoms with Crippen LogP contribution >= 0.6 is 11.6 Å². The molecule has 0 fully saturated rings. The van der Waals surface area contributed by atoms with Crippen molar-refractivity contribution in [2.45, 2.75) is 13.0 Å². The molecule has 0 spiro atoms. The van der Waals surface area contributed by atoms with Crippen LogP contribution in [0.1, 0.15) is 5.56 Å². The van der Waals surface area contributed by atoms with Crippen LogP contribution in [0.3, 0.4) is 0 Å². The number of aryl methyl sites for hydroxylation is 2. The third-order valence-corrected chi connectivity index (χ3v) is 2.31. The molecule has 0 saturated heterocycles. The highest BCUT2D eigenvalue weighted by molar-refractivity contribution is 6.30. The Morgan fingerprint density at radius 3 is 2.93 bits per heavy atom. The molecule has 0 saturated carbocycles. The van der Waals surface area contributed by atoms with Crippen LogP contribution in [0.25, 0.3) is 0 Å². The third-order valence-electron chi connectivity index (χ3n) is 2.08. The first-order chi connectivity index (χ1) is 6.84. The van der Waals surface area contributed by atoms with Crippen LogP contribution in [0, 0.1) is 0 Å². The fourth-order valence-corrected chi connectivity index (χ4v) is 1.58. The summed E-state index contributed by atoms with van der Waals surface area (Å²) in [6.07, 6.45) is 4.71. The van der Waals surface area contributed by atoms with E-state index < -0.39 is 0 Å². The van der Waals surface area contributed by atoms with Gasteiger partial charge in [0.1, 0.15) is 0 Å². The van der Waals surface area contributed by atoms with Gasteiger partial charge in [-0.1, -0.05) is 23.7 Å². The van der Waals surface area contributed by atoms with Crippen molar-refractivity contribution in [1.29, 1.82) is 0 Å². The molecule has 1 aromatic heterocycles. The molecule has 14 heavy (non-hydrogen) atoms. The summed E-state index contributed by atoms with van der Waals surface area (Å²) in [6, 6.07) is 9.86. The zero-order valence-corrected chi connectivity index (χ0v) is 8.48. The molecule has 0 aliphatic rings. The van der Waals surface area contributed by atoms with Gasteiger partial charge in [-0.2, -0.15) is 5.10 Å². The highest BCUT2D eigenvalue weighted by atomic mass is 35.5. The third kappa shape index (κ3) is 2.36. The van der Waals surface area contributed by atoms with E-state index in [1.54, 1.807) is 6.20 Å². The van der Waals surface area contributed by atoms with Gasteiger partial charge in [0.25, 0.3) is 0 Å². The van der Waals surface area contributed by atoms with Crippen molar-refractivity contribution in [3.63, 3.8) is 0 Å². The lowest BCUT2D eigenvalue weighted by atomic mass is 10.1. The van der Waals surface area contributed by atoms with Gasteiger partial charge < -0.3 is 0 Å². The summed E-state index contributed by atoms with van der Waals surface area (Å²) < 4.78 is 1.92. The second-order valence-electron chi connectivity index (χ2n) is 3.15. The Bertz CT molecular complexity index is 395. The Morgan fingerprint density at radius 2 is 2.21 bits per heavy atom. The molecule has 0 bridgehead atoms. The molecular weight excluding hydrogens is 196 g/mol. The zero-order valence-electron chi connectivity index (χ0n) is 7.73. The van der Waals surface area contributed by atoms with Crippen LogP contribution in [0.5, 0.6) is 0 Å². The summed E-state index contributed by atoms with van der Waals surface area (Å²) in [5.74, 6) is 0. The second kappa shape index (κ2) is 4.29. The van der Waals surface area contributed by atoms with Crippen LogP contribution in [-0.4, -0.2) is 9.78 Å². The Labute approximate surface area is 88.1 Å². The van der Waals surface area contributed by atoms with Crippen molar-refractivity contribution in [2.24, 2.45) is 0 Å². The van der Waals surface area contributed by atoms with Crippen LogP contribution in [0.4, 0.5) is 0 Å². The average molecular weight is 207 g/mol. The number of nitrogens with zero attached hydrogens (tertiary/aromatic N) is 2. The lowest BCUT2D eigenvalue weighted by Gasteiger charge is -2.02. The number of rotatable bonds is 3. The van der Waals surface area contributed by atoms with Gasteiger partial charge in [0.15, 0.2) is 0 Å².